The number of unbranched alkanes of at least 4 members (excludes halogenated alkanes) is 1. The van der Waals surface area contributed by atoms with Gasteiger partial charge in [-0.15, -0.1) is 0 Å². The summed E-state index contributed by atoms with van der Waals surface area (Å²) in [5, 5.41) is 8.94. The second kappa shape index (κ2) is 6.04. The molecule has 4 nitrogen and oxygen atoms in total. The standard InChI is InChI=1S/C16H14N2O2/c1-3-4-7-20-11-5-6-12-13(15(10-17)18-2)9-16(19)14(12)8-11/h5-6,8H,3-4,7,9H2,1H3/b15-13-. The van der Waals surface area contributed by atoms with E-state index >= 15 is 0 Å². The van der Waals surface area contributed by atoms with Gasteiger partial charge in [-0.3, -0.25) is 4.79 Å². The zero-order chi connectivity index (χ0) is 14.5. The number of fused-ring (bicyclic) bond motifs is 1. The minimum atomic E-state index is -0.0626. The molecular weight excluding hydrogens is 252 g/mol. The summed E-state index contributed by atoms with van der Waals surface area (Å²) in [6.45, 7) is 9.70. The molecule has 1 aromatic carbocycles. The molecule has 0 heterocycles. The molecule has 0 aromatic heterocycles. The monoisotopic (exact) mass is 266 g/mol. The molecule has 0 aliphatic heterocycles. The van der Waals surface area contributed by atoms with E-state index in [1.54, 1.807) is 18.2 Å². The molecule has 1 aliphatic rings. The molecular formula is C16H14N2O2. The Bertz CT molecular complexity index is 644. The predicted octanol–water partition coefficient (Wildman–Crippen LogP) is 3.61. The molecule has 0 radical (unpaired) electrons. The first-order valence-electron chi connectivity index (χ1n) is 6.52. The summed E-state index contributed by atoms with van der Waals surface area (Å²) in [6.07, 6.45) is 2.14. The lowest BCUT2D eigenvalue weighted by Crippen LogP contribution is -1.98. The Kier molecular flexibility index (Phi) is 4.17. The van der Waals surface area contributed by atoms with Crippen molar-refractivity contribution in [3.05, 3.63) is 46.4 Å². The number of benzene rings is 1. The van der Waals surface area contributed by atoms with Gasteiger partial charge in [-0.25, -0.2) is 10.1 Å². The van der Waals surface area contributed by atoms with E-state index in [9.17, 15) is 4.79 Å². The fourth-order valence-electron chi connectivity index (χ4n) is 2.16. The summed E-state index contributed by atoms with van der Waals surface area (Å²) in [5.74, 6) is 0.598. The molecule has 0 unspecified atom stereocenters. The van der Waals surface area contributed by atoms with Crippen LogP contribution in [0.4, 0.5) is 0 Å². The third-order valence-electron chi connectivity index (χ3n) is 3.22. The lowest BCUT2D eigenvalue weighted by molar-refractivity contribution is 0.100. The van der Waals surface area contributed by atoms with Crippen molar-refractivity contribution in [2.45, 2.75) is 26.2 Å². The third kappa shape index (κ3) is 2.55. The maximum absolute atomic E-state index is 12.0. The van der Waals surface area contributed by atoms with Gasteiger partial charge in [-0.2, -0.15) is 0 Å². The number of nitrogens with zero attached hydrogens (tertiary/aromatic N) is 2. The van der Waals surface area contributed by atoms with Crippen molar-refractivity contribution in [2.75, 3.05) is 6.61 Å². The zero-order valence-electron chi connectivity index (χ0n) is 11.3. The van der Waals surface area contributed by atoms with Gasteiger partial charge in [0.2, 0.25) is 0 Å². The predicted molar refractivity (Wildman–Crippen MR) is 74.9 cm³/mol. The van der Waals surface area contributed by atoms with E-state index in [0.29, 0.717) is 29.1 Å². The number of hydrogen-bond acceptors (Lipinski definition) is 3. The molecule has 100 valence electrons. The van der Waals surface area contributed by atoms with Gasteiger partial charge in [-0.05, 0) is 29.7 Å². The summed E-state index contributed by atoms with van der Waals surface area (Å²) in [6, 6.07) is 7.11. The van der Waals surface area contributed by atoms with Crippen LogP contribution in [0.3, 0.4) is 0 Å². The SMILES string of the molecule is [C-]#[N+]/C(C#N)=C1/CC(=O)c2cc(OCCCC)ccc21. The fourth-order valence-corrected chi connectivity index (χ4v) is 2.16. The van der Waals surface area contributed by atoms with Gasteiger partial charge >= 0.3 is 0 Å². The van der Waals surface area contributed by atoms with Gasteiger partial charge in [-0.1, -0.05) is 19.4 Å². The number of rotatable bonds is 4. The van der Waals surface area contributed by atoms with Crippen LogP contribution in [0.15, 0.2) is 23.9 Å². The van der Waals surface area contributed by atoms with E-state index < -0.39 is 0 Å². The average Bonchev–Trinajstić information content (AvgIpc) is 2.78. The van der Waals surface area contributed by atoms with Crippen molar-refractivity contribution in [1.82, 2.24) is 0 Å². The molecule has 0 N–H and O–H groups in total. The van der Waals surface area contributed by atoms with E-state index in [2.05, 4.69) is 11.8 Å². The summed E-state index contributed by atoms with van der Waals surface area (Å²) >= 11 is 0. The van der Waals surface area contributed by atoms with E-state index in [-0.39, 0.29) is 17.9 Å². The maximum atomic E-state index is 12.0. The number of ether oxygens (including phenoxy) is 1. The Morgan fingerprint density at radius 2 is 2.30 bits per heavy atom. The van der Waals surface area contributed by atoms with Crippen molar-refractivity contribution < 1.29 is 9.53 Å². The Morgan fingerprint density at radius 3 is 2.95 bits per heavy atom. The van der Waals surface area contributed by atoms with Gasteiger partial charge in [0, 0.05) is 12.0 Å². The molecule has 0 saturated heterocycles. The molecule has 0 bridgehead atoms. The molecule has 2 rings (SSSR count). The van der Waals surface area contributed by atoms with E-state index in [0.717, 1.165) is 12.8 Å². The van der Waals surface area contributed by atoms with Crippen LogP contribution < -0.4 is 4.74 Å². The number of carbonyl (C=O) groups is 1. The minimum absolute atomic E-state index is 0.00301. The van der Waals surface area contributed by atoms with Crippen LogP contribution in [0.25, 0.3) is 10.4 Å². The van der Waals surface area contributed by atoms with Crippen LogP contribution in [0.5, 0.6) is 5.75 Å². The van der Waals surface area contributed by atoms with Crippen molar-refractivity contribution in [1.29, 1.82) is 5.26 Å². The number of Topliss-reactive ketones (excluding diaryl/α,β-unsaturated/α-hetero) is 1. The summed E-state index contributed by atoms with van der Waals surface area (Å²) in [4.78, 5) is 15.2. The fraction of sp³-hybridized carbons (Fsp3) is 0.312. The third-order valence-corrected chi connectivity index (χ3v) is 3.22. The molecule has 0 fully saturated rings. The van der Waals surface area contributed by atoms with Crippen LogP contribution >= 0.6 is 0 Å². The average molecular weight is 266 g/mol. The zero-order valence-corrected chi connectivity index (χ0v) is 11.3. The highest BCUT2D eigenvalue weighted by molar-refractivity contribution is 6.13. The van der Waals surface area contributed by atoms with Gasteiger partial charge in [0.1, 0.15) is 5.75 Å². The van der Waals surface area contributed by atoms with Crippen molar-refractivity contribution in [3.63, 3.8) is 0 Å². The second-order valence-electron chi connectivity index (χ2n) is 4.56. The number of allylic oxidation sites excluding steroid dienone is 2. The molecule has 0 saturated carbocycles. The maximum Gasteiger partial charge on any atom is 0.266 e. The van der Waals surface area contributed by atoms with Gasteiger partial charge in [0.05, 0.1) is 19.2 Å². The highest BCUT2D eigenvalue weighted by Crippen LogP contribution is 2.36. The van der Waals surface area contributed by atoms with Crippen LogP contribution in [0, 0.1) is 17.9 Å². The smallest absolute Gasteiger partial charge is 0.266 e. The van der Waals surface area contributed by atoms with Crippen LogP contribution in [0.1, 0.15) is 42.1 Å². The largest absolute Gasteiger partial charge is 0.494 e. The van der Waals surface area contributed by atoms with E-state index in [1.807, 2.05) is 6.07 Å². The minimum Gasteiger partial charge on any atom is -0.494 e. The van der Waals surface area contributed by atoms with Gasteiger partial charge in [0.15, 0.2) is 5.78 Å². The summed E-state index contributed by atoms with van der Waals surface area (Å²) in [7, 11) is 0. The van der Waals surface area contributed by atoms with Gasteiger partial charge in [0.25, 0.3) is 5.70 Å². The van der Waals surface area contributed by atoms with Crippen molar-refractivity contribution >= 4 is 11.4 Å². The number of nitriles is 1. The number of ketones is 1. The molecule has 0 atom stereocenters. The summed E-state index contributed by atoms with van der Waals surface area (Å²) in [5.41, 5.74) is 1.76. The Labute approximate surface area is 118 Å². The molecule has 0 spiro atoms. The first kappa shape index (κ1) is 13.8. The Balaban J connectivity index is 2.35. The molecule has 1 aromatic rings. The number of hydrogen-bond donors (Lipinski definition) is 0. The second-order valence-corrected chi connectivity index (χ2v) is 4.56. The van der Waals surface area contributed by atoms with Crippen LogP contribution in [0.2, 0.25) is 0 Å². The topological polar surface area (TPSA) is 54.5 Å². The van der Waals surface area contributed by atoms with Gasteiger partial charge < -0.3 is 4.74 Å². The molecule has 1 aliphatic carbocycles. The van der Waals surface area contributed by atoms with Crippen molar-refractivity contribution in [2.24, 2.45) is 0 Å². The van der Waals surface area contributed by atoms with E-state index in [1.165, 1.54) is 0 Å². The first-order chi connectivity index (χ1) is 9.71. The van der Waals surface area contributed by atoms with Crippen LogP contribution in [-0.2, 0) is 0 Å². The normalized spacial score (nSPS) is 15.2. The highest BCUT2D eigenvalue weighted by atomic mass is 16.5. The molecule has 4 heteroatoms. The lowest BCUT2D eigenvalue weighted by Gasteiger charge is -2.07. The van der Waals surface area contributed by atoms with Crippen LogP contribution in [-0.4, -0.2) is 12.4 Å². The summed E-state index contributed by atoms with van der Waals surface area (Å²) < 4.78 is 5.57. The molecule has 20 heavy (non-hydrogen) atoms. The Hall–Kier alpha value is -2.59. The van der Waals surface area contributed by atoms with Crippen molar-refractivity contribution in [3.8, 4) is 11.8 Å². The lowest BCUT2D eigenvalue weighted by atomic mass is 10.1. The van der Waals surface area contributed by atoms with E-state index in [4.69, 9.17) is 16.6 Å². The number of carbonyl (C=O) groups excluding carboxylic acids is 1. The Morgan fingerprint density at radius 1 is 1.50 bits per heavy atom. The quantitative estimate of drug-likeness (QED) is 0.475. The first-order valence-corrected chi connectivity index (χ1v) is 6.52. The highest BCUT2D eigenvalue weighted by Gasteiger charge is 2.27. The molecule has 0 amide bonds.